The van der Waals surface area contributed by atoms with E-state index in [0.29, 0.717) is 13.0 Å². The second kappa shape index (κ2) is 3.47. The fourth-order valence-corrected chi connectivity index (χ4v) is 1.82. The molecule has 0 bridgehead atoms. The number of hydrogen-bond acceptors (Lipinski definition) is 2. The van der Waals surface area contributed by atoms with Gasteiger partial charge in [0, 0.05) is 24.1 Å². The van der Waals surface area contributed by atoms with Crippen molar-refractivity contribution in [2.45, 2.75) is 12.5 Å². The number of halogens is 3. The van der Waals surface area contributed by atoms with Crippen LogP contribution >= 0.6 is 15.9 Å². The molecule has 0 saturated heterocycles. The van der Waals surface area contributed by atoms with Gasteiger partial charge in [0.15, 0.2) is 0 Å². The van der Waals surface area contributed by atoms with Crippen LogP contribution in [0.25, 0.3) is 0 Å². The molecular formula is C9H8BrF2NO. The molecule has 0 unspecified atom stereocenters. The van der Waals surface area contributed by atoms with Crippen molar-refractivity contribution in [1.82, 2.24) is 0 Å². The molecule has 0 radical (unpaired) electrons. The van der Waals surface area contributed by atoms with Crippen molar-refractivity contribution in [3.63, 3.8) is 0 Å². The molecule has 0 spiro atoms. The molecular weight excluding hydrogens is 256 g/mol. The molecule has 5 heteroatoms. The SMILES string of the molecule is N[C@@H]1CCOc2cc(F)c(Br)c(F)c21. The predicted molar refractivity (Wildman–Crippen MR) is 51.1 cm³/mol. The molecule has 1 aliphatic rings. The lowest BCUT2D eigenvalue weighted by Gasteiger charge is -2.23. The number of benzene rings is 1. The summed E-state index contributed by atoms with van der Waals surface area (Å²) >= 11 is 2.82. The highest BCUT2D eigenvalue weighted by atomic mass is 79.9. The standard InChI is InChI=1S/C9H8BrF2NO/c10-8-4(11)3-6-7(9(8)12)5(13)1-2-14-6/h3,5H,1-2,13H2/t5-/m1/s1. The summed E-state index contributed by atoms with van der Waals surface area (Å²) in [5.74, 6) is -1.12. The zero-order valence-corrected chi connectivity index (χ0v) is 8.77. The van der Waals surface area contributed by atoms with Gasteiger partial charge in [-0.05, 0) is 15.9 Å². The molecule has 1 atom stereocenters. The zero-order chi connectivity index (χ0) is 10.3. The quantitative estimate of drug-likeness (QED) is 0.731. The summed E-state index contributed by atoms with van der Waals surface area (Å²) in [5.41, 5.74) is 5.96. The van der Waals surface area contributed by atoms with Gasteiger partial charge in [-0.2, -0.15) is 0 Å². The summed E-state index contributed by atoms with van der Waals surface area (Å²) in [4.78, 5) is 0. The molecule has 0 aromatic heterocycles. The fraction of sp³-hybridized carbons (Fsp3) is 0.333. The van der Waals surface area contributed by atoms with Crippen molar-refractivity contribution >= 4 is 15.9 Å². The van der Waals surface area contributed by atoms with Gasteiger partial charge in [0.1, 0.15) is 17.4 Å². The average Bonchev–Trinajstić information content (AvgIpc) is 2.14. The number of hydrogen-bond donors (Lipinski definition) is 1. The second-order valence-electron chi connectivity index (χ2n) is 3.14. The molecule has 2 nitrogen and oxygen atoms in total. The lowest BCUT2D eigenvalue weighted by atomic mass is 10.0. The van der Waals surface area contributed by atoms with E-state index in [9.17, 15) is 8.78 Å². The smallest absolute Gasteiger partial charge is 0.148 e. The van der Waals surface area contributed by atoms with E-state index < -0.39 is 17.7 Å². The maximum Gasteiger partial charge on any atom is 0.148 e. The number of ether oxygens (including phenoxy) is 1. The van der Waals surface area contributed by atoms with Crippen LogP contribution in [0.4, 0.5) is 8.78 Å². The molecule has 0 aliphatic carbocycles. The predicted octanol–water partition coefficient (Wildman–Crippen LogP) is 2.51. The molecule has 1 aromatic carbocycles. The van der Waals surface area contributed by atoms with Crippen LogP contribution in [0.3, 0.4) is 0 Å². The molecule has 1 aromatic rings. The molecule has 76 valence electrons. The van der Waals surface area contributed by atoms with Crippen LogP contribution in [0.2, 0.25) is 0 Å². The molecule has 14 heavy (non-hydrogen) atoms. The summed E-state index contributed by atoms with van der Waals surface area (Å²) < 4.78 is 31.6. The normalized spacial score (nSPS) is 20.1. The molecule has 0 fully saturated rings. The third-order valence-corrected chi connectivity index (χ3v) is 2.95. The molecule has 1 aliphatic heterocycles. The van der Waals surface area contributed by atoms with Crippen molar-refractivity contribution in [2.75, 3.05) is 6.61 Å². The Balaban J connectivity index is 2.64. The summed E-state index contributed by atoms with van der Waals surface area (Å²) in [6.45, 7) is 0.397. The maximum absolute atomic E-state index is 13.5. The fourth-order valence-electron chi connectivity index (χ4n) is 1.49. The van der Waals surface area contributed by atoms with Gasteiger partial charge in [-0.25, -0.2) is 8.78 Å². The number of fused-ring (bicyclic) bond motifs is 1. The highest BCUT2D eigenvalue weighted by Crippen LogP contribution is 2.37. The van der Waals surface area contributed by atoms with Gasteiger partial charge in [0.25, 0.3) is 0 Å². The Morgan fingerprint density at radius 1 is 1.50 bits per heavy atom. The number of nitrogens with two attached hydrogens (primary N) is 1. The third kappa shape index (κ3) is 1.40. The lowest BCUT2D eigenvalue weighted by molar-refractivity contribution is 0.261. The van der Waals surface area contributed by atoms with Crippen molar-refractivity contribution in [3.05, 3.63) is 27.7 Å². The van der Waals surface area contributed by atoms with Gasteiger partial charge in [0.05, 0.1) is 11.1 Å². The lowest BCUT2D eigenvalue weighted by Crippen LogP contribution is -2.22. The van der Waals surface area contributed by atoms with Crippen LogP contribution in [0.5, 0.6) is 5.75 Å². The van der Waals surface area contributed by atoms with Gasteiger partial charge >= 0.3 is 0 Å². The van der Waals surface area contributed by atoms with Crippen molar-refractivity contribution < 1.29 is 13.5 Å². The molecule has 2 rings (SSSR count). The second-order valence-corrected chi connectivity index (χ2v) is 3.93. The first kappa shape index (κ1) is 9.86. The van der Waals surface area contributed by atoms with Crippen LogP contribution in [0.1, 0.15) is 18.0 Å². The Labute approximate surface area is 88.2 Å². The first-order valence-electron chi connectivity index (χ1n) is 4.17. The summed E-state index contributed by atoms with van der Waals surface area (Å²) in [6, 6.07) is 0.734. The zero-order valence-electron chi connectivity index (χ0n) is 7.19. The van der Waals surface area contributed by atoms with Crippen LogP contribution in [0.15, 0.2) is 10.5 Å². The minimum atomic E-state index is -0.671. The van der Waals surface area contributed by atoms with Crippen LogP contribution < -0.4 is 10.5 Å². The molecule has 2 N–H and O–H groups in total. The third-order valence-electron chi connectivity index (χ3n) is 2.22. The molecule has 1 heterocycles. The first-order valence-corrected chi connectivity index (χ1v) is 4.96. The van der Waals surface area contributed by atoms with Crippen LogP contribution in [0, 0.1) is 11.6 Å². The van der Waals surface area contributed by atoms with E-state index in [1.54, 1.807) is 0 Å². The molecule has 0 saturated carbocycles. The van der Waals surface area contributed by atoms with E-state index in [-0.39, 0.29) is 15.8 Å². The van der Waals surface area contributed by atoms with Gasteiger partial charge in [0.2, 0.25) is 0 Å². The minimum Gasteiger partial charge on any atom is -0.493 e. The van der Waals surface area contributed by atoms with Gasteiger partial charge in [-0.1, -0.05) is 0 Å². The topological polar surface area (TPSA) is 35.2 Å². The highest BCUT2D eigenvalue weighted by Gasteiger charge is 2.25. The van der Waals surface area contributed by atoms with Crippen LogP contribution in [-0.2, 0) is 0 Å². The van der Waals surface area contributed by atoms with E-state index in [1.807, 2.05) is 0 Å². The van der Waals surface area contributed by atoms with Crippen LogP contribution in [-0.4, -0.2) is 6.61 Å². The van der Waals surface area contributed by atoms with Crippen molar-refractivity contribution in [3.8, 4) is 5.75 Å². The largest absolute Gasteiger partial charge is 0.493 e. The maximum atomic E-state index is 13.5. The number of rotatable bonds is 0. The average molecular weight is 264 g/mol. The van der Waals surface area contributed by atoms with Crippen molar-refractivity contribution in [1.29, 1.82) is 0 Å². The summed E-state index contributed by atoms with van der Waals surface area (Å²) in [7, 11) is 0. The van der Waals surface area contributed by atoms with E-state index >= 15 is 0 Å². The summed E-state index contributed by atoms with van der Waals surface area (Å²) in [6.07, 6.45) is 0.544. The summed E-state index contributed by atoms with van der Waals surface area (Å²) in [5, 5.41) is 0. The van der Waals surface area contributed by atoms with Gasteiger partial charge in [-0.15, -0.1) is 0 Å². The van der Waals surface area contributed by atoms with E-state index in [1.165, 1.54) is 0 Å². The Morgan fingerprint density at radius 3 is 2.93 bits per heavy atom. The van der Waals surface area contributed by atoms with Gasteiger partial charge < -0.3 is 10.5 Å². The van der Waals surface area contributed by atoms with Gasteiger partial charge in [-0.3, -0.25) is 0 Å². The Kier molecular flexibility index (Phi) is 2.45. The Hall–Kier alpha value is -0.680. The molecule has 0 amide bonds. The highest BCUT2D eigenvalue weighted by molar-refractivity contribution is 9.10. The monoisotopic (exact) mass is 263 g/mol. The Bertz CT molecular complexity index is 384. The Morgan fingerprint density at radius 2 is 2.21 bits per heavy atom. The van der Waals surface area contributed by atoms with E-state index in [4.69, 9.17) is 10.5 Å². The van der Waals surface area contributed by atoms with E-state index in [0.717, 1.165) is 6.07 Å². The minimum absolute atomic E-state index is 0.183. The first-order chi connectivity index (χ1) is 6.61. The van der Waals surface area contributed by atoms with Crippen molar-refractivity contribution in [2.24, 2.45) is 5.73 Å². The van der Waals surface area contributed by atoms with E-state index in [2.05, 4.69) is 15.9 Å².